The van der Waals surface area contributed by atoms with E-state index in [-0.39, 0.29) is 5.54 Å². The first-order valence-corrected chi connectivity index (χ1v) is 5.59. The van der Waals surface area contributed by atoms with Crippen molar-refractivity contribution in [2.24, 2.45) is 11.8 Å². The third-order valence-electron chi connectivity index (χ3n) is 2.13. The van der Waals surface area contributed by atoms with Crippen molar-refractivity contribution in [3.05, 3.63) is 0 Å². The van der Waals surface area contributed by atoms with Gasteiger partial charge in [-0.25, -0.2) is 0 Å². The van der Waals surface area contributed by atoms with Gasteiger partial charge in [-0.1, -0.05) is 13.8 Å². The molecule has 0 bridgehead atoms. The van der Waals surface area contributed by atoms with Crippen molar-refractivity contribution in [3.63, 3.8) is 0 Å². The lowest BCUT2D eigenvalue weighted by Crippen LogP contribution is -2.40. The maximum atomic E-state index is 5.23. The molecule has 2 nitrogen and oxygen atoms in total. The highest BCUT2D eigenvalue weighted by atomic mass is 16.5. The quantitative estimate of drug-likeness (QED) is 0.713. The Morgan fingerprint density at radius 3 is 2.14 bits per heavy atom. The zero-order valence-electron chi connectivity index (χ0n) is 10.7. The zero-order chi connectivity index (χ0) is 11.2. The maximum Gasteiger partial charge on any atom is 0.0502 e. The van der Waals surface area contributed by atoms with Crippen LogP contribution < -0.4 is 5.32 Å². The van der Waals surface area contributed by atoms with Gasteiger partial charge < -0.3 is 10.1 Å². The van der Waals surface area contributed by atoms with Crippen LogP contribution in [0.15, 0.2) is 0 Å². The minimum absolute atomic E-state index is 0.211. The highest BCUT2D eigenvalue weighted by Crippen LogP contribution is 2.12. The summed E-state index contributed by atoms with van der Waals surface area (Å²) >= 11 is 0. The van der Waals surface area contributed by atoms with Crippen LogP contribution >= 0.6 is 0 Å². The van der Waals surface area contributed by atoms with Crippen molar-refractivity contribution in [1.82, 2.24) is 5.32 Å². The van der Waals surface area contributed by atoms with Crippen molar-refractivity contribution >= 4 is 0 Å². The second-order valence-electron chi connectivity index (χ2n) is 5.58. The molecule has 0 aliphatic rings. The molecule has 2 heteroatoms. The molecule has 0 aromatic heterocycles. The Labute approximate surface area is 89.4 Å². The summed E-state index contributed by atoms with van der Waals surface area (Å²) in [6.07, 6.45) is 1.23. The SMILES string of the molecule is COCC(CNC(C)(C)C)CC(C)C. The molecule has 14 heavy (non-hydrogen) atoms. The summed E-state index contributed by atoms with van der Waals surface area (Å²) in [5, 5.41) is 3.53. The van der Waals surface area contributed by atoms with Crippen LogP contribution in [-0.2, 0) is 4.74 Å². The molecule has 0 amide bonds. The van der Waals surface area contributed by atoms with Gasteiger partial charge in [-0.15, -0.1) is 0 Å². The Hall–Kier alpha value is -0.0800. The van der Waals surface area contributed by atoms with E-state index in [4.69, 9.17) is 4.74 Å². The number of rotatable bonds is 6. The van der Waals surface area contributed by atoms with Gasteiger partial charge >= 0.3 is 0 Å². The summed E-state index contributed by atoms with van der Waals surface area (Å²) in [5.41, 5.74) is 0.211. The third-order valence-corrected chi connectivity index (χ3v) is 2.13. The summed E-state index contributed by atoms with van der Waals surface area (Å²) in [6.45, 7) is 13.0. The van der Waals surface area contributed by atoms with Gasteiger partial charge in [0.25, 0.3) is 0 Å². The number of methoxy groups -OCH3 is 1. The van der Waals surface area contributed by atoms with Gasteiger partial charge in [-0.2, -0.15) is 0 Å². The molecule has 1 unspecified atom stereocenters. The monoisotopic (exact) mass is 201 g/mol. The summed E-state index contributed by atoms with van der Waals surface area (Å²) in [6, 6.07) is 0. The lowest BCUT2D eigenvalue weighted by Gasteiger charge is -2.25. The van der Waals surface area contributed by atoms with E-state index in [1.165, 1.54) is 6.42 Å². The molecular formula is C12H27NO. The summed E-state index contributed by atoms with van der Waals surface area (Å²) in [4.78, 5) is 0. The topological polar surface area (TPSA) is 21.3 Å². The molecule has 1 N–H and O–H groups in total. The van der Waals surface area contributed by atoms with Gasteiger partial charge in [0, 0.05) is 19.2 Å². The maximum absolute atomic E-state index is 5.23. The van der Waals surface area contributed by atoms with E-state index >= 15 is 0 Å². The smallest absolute Gasteiger partial charge is 0.0502 e. The fraction of sp³-hybridized carbons (Fsp3) is 1.00. The second kappa shape index (κ2) is 6.41. The molecule has 0 aliphatic carbocycles. The van der Waals surface area contributed by atoms with E-state index < -0.39 is 0 Å². The molecule has 0 aromatic carbocycles. The number of hydrogen-bond donors (Lipinski definition) is 1. The molecular weight excluding hydrogens is 174 g/mol. The Morgan fingerprint density at radius 2 is 1.79 bits per heavy atom. The molecule has 1 atom stereocenters. The molecule has 0 saturated heterocycles. The first-order chi connectivity index (χ1) is 6.35. The standard InChI is InChI=1S/C12H27NO/c1-10(2)7-11(9-14-6)8-13-12(3,4)5/h10-11,13H,7-9H2,1-6H3. The molecule has 0 aliphatic heterocycles. The molecule has 0 spiro atoms. The van der Waals surface area contributed by atoms with E-state index in [2.05, 4.69) is 39.9 Å². The van der Waals surface area contributed by atoms with Gasteiger partial charge in [0.05, 0.1) is 6.61 Å². The van der Waals surface area contributed by atoms with Crippen LogP contribution in [0.3, 0.4) is 0 Å². The van der Waals surface area contributed by atoms with Crippen LogP contribution in [0, 0.1) is 11.8 Å². The normalized spacial score (nSPS) is 14.8. The molecule has 0 fully saturated rings. The van der Waals surface area contributed by atoms with E-state index in [9.17, 15) is 0 Å². The van der Waals surface area contributed by atoms with Gasteiger partial charge in [-0.05, 0) is 39.0 Å². The Morgan fingerprint density at radius 1 is 1.21 bits per heavy atom. The van der Waals surface area contributed by atoms with E-state index in [1.807, 2.05) is 0 Å². The van der Waals surface area contributed by atoms with Crippen molar-refractivity contribution in [3.8, 4) is 0 Å². The first-order valence-electron chi connectivity index (χ1n) is 5.59. The largest absolute Gasteiger partial charge is 0.384 e. The van der Waals surface area contributed by atoms with Crippen LogP contribution in [0.5, 0.6) is 0 Å². The molecule has 0 heterocycles. The average Bonchev–Trinajstić information content (AvgIpc) is 1.98. The van der Waals surface area contributed by atoms with Crippen LogP contribution in [-0.4, -0.2) is 25.8 Å². The van der Waals surface area contributed by atoms with Crippen molar-refractivity contribution < 1.29 is 4.74 Å². The zero-order valence-corrected chi connectivity index (χ0v) is 10.7. The minimum Gasteiger partial charge on any atom is -0.384 e. The predicted octanol–water partition coefficient (Wildman–Crippen LogP) is 2.68. The van der Waals surface area contributed by atoms with Crippen molar-refractivity contribution in [1.29, 1.82) is 0 Å². The highest BCUT2D eigenvalue weighted by Gasteiger charge is 2.15. The van der Waals surface area contributed by atoms with Crippen LogP contribution in [0.4, 0.5) is 0 Å². The lowest BCUT2D eigenvalue weighted by molar-refractivity contribution is 0.135. The predicted molar refractivity (Wildman–Crippen MR) is 62.6 cm³/mol. The molecule has 86 valence electrons. The summed E-state index contributed by atoms with van der Waals surface area (Å²) in [5.74, 6) is 1.39. The molecule has 0 radical (unpaired) electrons. The van der Waals surface area contributed by atoms with E-state index in [1.54, 1.807) is 7.11 Å². The Kier molecular flexibility index (Phi) is 6.38. The van der Waals surface area contributed by atoms with Gasteiger partial charge in [0.2, 0.25) is 0 Å². The van der Waals surface area contributed by atoms with Gasteiger partial charge in [0.15, 0.2) is 0 Å². The lowest BCUT2D eigenvalue weighted by atomic mass is 9.96. The number of ether oxygens (including phenoxy) is 1. The second-order valence-corrected chi connectivity index (χ2v) is 5.58. The Balaban J connectivity index is 3.84. The minimum atomic E-state index is 0.211. The van der Waals surface area contributed by atoms with E-state index in [0.717, 1.165) is 19.1 Å². The fourth-order valence-electron chi connectivity index (χ4n) is 1.56. The van der Waals surface area contributed by atoms with Crippen LogP contribution in [0.1, 0.15) is 41.0 Å². The molecule has 0 aromatic rings. The first kappa shape index (κ1) is 13.9. The number of hydrogen-bond acceptors (Lipinski definition) is 2. The Bertz CT molecular complexity index is 138. The summed E-state index contributed by atoms with van der Waals surface area (Å²) in [7, 11) is 1.78. The third kappa shape index (κ3) is 8.52. The number of nitrogens with one attached hydrogen (secondary N) is 1. The fourth-order valence-corrected chi connectivity index (χ4v) is 1.56. The van der Waals surface area contributed by atoms with Crippen LogP contribution in [0.2, 0.25) is 0 Å². The van der Waals surface area contributed by atoms with Gasteiger partial charge in [-0.3, -0.25) is 0 Å². The summed E-state index contributed by atoms with van der Waals surface area (Å²) < 4.78 is 5.23. The molecule has 0 saturated carbocycles. The average molecular weight is 201 g/mol. The van der Waals surface area contributed by atoms with Crippen molar-refractivity contribution in [2.45, 2.75) is 46.6 Å². The molecule has 0 rings (SSSR count). The van der Waals surface area contributed by atoms with E-state index in [0.29, 0.717) is 5.92 Å². The van der Waals surface area contributed by atoms with Crippen LogP contribution in [0.25, 0.3) is 0 Å². The van der Waals surface area contributed by atoms with Crippen molar-refractivity contribution in [2.75, 3.05) is 20.3 Å². The highest BCUT2D eigenvalue weighted by molar-refractivity contribution is 4.73. The van der Waals surface area contributed by atoms with Gasteiger partial charge in [0.1, 0.15) is 0 Å².